The van der Waals surface area contributed by atoms with Gasteiger partial charge in [-0.2, -0.15) is 0 Å². The Balaban J connectivity index is 2.79. The molecule has 3 nitrogen and oxygen atoms in total. The Morgan fingerprint density at radius 3 is 2.44 bits per heavy atom. The summed E-state index contributed by atoms with van der Waals surface area (Å²) >= 11 is 0. The van der Waals surface area contributed by atoms with Gasteiger partial charge in [0.2, 0.25) is 0 Å². The highest BCUT2D eigenvalue weighted by atomic mass is 16.5. The van der Waals surface area contributed by atoms with Crippen LogP contribution in [0.1, 0.15) is 25.0 Å². The number of anilines is 1. The number of benzene rings is 1. The van der Waals surface area contributed by atoms with Crippen LogP contribution in [-0.4, -0.2) is 20.2 Å². The molecule has 0 saturated heterocycles. The summed E-state index contributed by atoms with van der Waals surface area (Å²) in [7, 11) is 1.72. The van der Waals surface area contributed by atoms with Crippen LogP contribution in [0, 0.1) is 25.7 Å². The Bertz CT molecular complexity index is 388. The Labute approximate surface area is 111 Å². The number of methoxy groups -OCH3 is 1. The van der Waals surface area contributed by atoms with E-state index >= 15 is 0 Å². The molecule has 0 aliphatic carbocycles. The smallest absolute Gasteiger partial charge is 0.126 e. The fourth-order valence-electron chi connectivity index (χ4n) is 2.16. The van der Waals surface area contributed by atoms with Gasteiger partial charge in [0.05, 0.1) is 7.11 Å². The van der Waals surface area contributed by atoms with Crippen molar-refractivity contribution < 1.29 is 4.74 Å². The van der Waals surface area contributed by atoms with E-state index in [1.165, 1.54) is 5.56 Å². The van der Waals surface area contributed by atoms with E-state index in [9.17, 15) is 0 Å². The number of ether oxygens (including phenoxy) is 1. The normalized spacial score (nSPS) is 12.6. The van der Waals surface area contributed by atoms with Gasteiger partial charge in [0.25, 0.3) is 0 Å². The predicted molar refractivity (Wildman–Crippen MR) is 78.3 cm³/mol. The van der Waals surface area contributed by atoms with Crippen molar-refractivity contribution in [3.8, 4) is 5.75 Å². The first-order chi connectivity index (χ1) is 8.51. The third-order valence-corrected chi connectivity index (χ3v) is 3.61. The van der Waals surface area contributed by atoms with Crippen LogP contribution < -0.4 is 15.8 Å². The van der Waals surface area contributed by atoms with Crippen LogP contribution in [0.2, 0.25) is 0 Å². The van der Waals surface area contributed by atoms with Crippen molar-refractivity contribution in [1.82, 2.24) is 0 Å². The van der Waals surface area contributed by atoms with Crippen molar-refractivity contribution >= 4 is 5.69 Å². The van der Waals surface area contributed by atoms with Crippen molar-refractivity contribution in [2.24, 2.45) is 17.6 Å². The van der Waals surface area contributed by atoms with Crippen LogP contribution in [0.3, 0.4) is 0 Å². The largest absolute Gasteiger partial charge is 0.496 e. The van der Waals surface area contributed by atoms with Gasteiger partial charge in [-0.25, -0.2) is 0 Å². The minimum absolute atomic E-state index is 0.497. The van der Waals surface area contributed by atoms with Crippen LogP contribution in [0.5, 0.6) is 5.75 Å². The summed E-state index contributed by atoms with van der Waals surface area (Å²) in [5, 5.41) is 3.49. The molecule has 0 radical (unpaired) electrons. The quantitative estimate of drug-likeness (QED) is 0.816. The minimum Gasteiger partial charge on any atom is -0.496 e. The maximum atomic E-state index is 5.79. The third-order valence-electron chi connectivity index (χ3n) is 3.61. The summed E-state index contributed by atoms with van der Waals surface area (Å²) in [5.41, 5.74) is 9.26. The molecule has 1 aromatic carbocycles. The first-order valence-corrected chi connectivity index (χ1v) is 6.59. The SMILES string of the molecule is COc1c(C)ccc(NCC(CN)C(C)C)c1C. The summed E-state index contributed by atoms with van der Waals surface area (Å²) < 4.78 is 5.43. The lowest BCUT2D eigenvalue weighted by Crippen LogP contribution is -2.27. The summed E-state index contributed by atoms with van der Waals surface area (Å²) in [6.07, 6.45) is 0. The highest BCUT2D eigenvalue weighted by molar-refractivity contribution is 5.59. The van der Waals surface area contributed by atoms with Gasteiger partial charge in [0.1, 0.15) is 5.75 Å². The molecule has 0 bridgehead atoms. The van der Waals surface area contributed by atoms with Gasteiger partial charge >= 0.3 is 0 Å². The molecule has 18 heavy (non-hydrogen) atoms. The molecule has 0 fully saturated rings. The number of nitrogens with two attached hydrogens (primary N) is 1. The molecule has 1 rings (SSSR count). The molecule has 0 aliphatic heterocycles. The lowest BCUT2D eigenvalue weighted by molar-refractivity contribution is 0.407. The molecule has 1 aromatic rings. The zero-order chi connectivity index (χ0) is 13.7. The summed E-state index contributed by atoms with van der Waals surface area (Å²) in [6, 6.07) is 4.20. The molecule has 0 amide bonds. The highest BCUT2D eigenvalue weighted by Gasteiger charge is 2.13. The van der Waals surface area contributed by atoms with E-state index in [1.807, 2.05) is 0 Å². The molecular formula is C15H26N2O. The minimum atomic E-state index is 0.497. The Kier molecular flexibility index (Phi) is 5.48. The van der Waals surface area contributed by atoms with Crippen molar-refractivity contribution in [1.29, 1.82) is 0 Å². The second-order valence-electron chi connectivity index (χ2n) is 5.21. The summed E-state index contributed by atoms with van der Waals surface area (Å²) in [5.74, 6) is 2.06. The average Bonchev–Trinajstić information content (AvgIpc) is 2.32. The van der Waals surface area contributed by atoms with E-state index in [1.54, 1.807) is 7.11 Å². The van der Waals surface area contributed by atoms with E-state index in [0.29, 0.717) is 18.4 Å². The number of aryl methyl sites for hydroxylation is 1. The fraction of sp³-hybridized carbons (Fsp3) is 0.600. The number of nitrogens with one attached hydrogen (secondary N) is 1. The fourth-order valence-corrected chi connectivity index (χ4v) is 2.16. The number of hydrogen-bond donors (Lipinski definition) is 2. The van der Waals surface area contributed by atoms with Crippen molar-refractivity contribution in [3.05, 3.63) is 23.3 Å². The first-order valence-electron chi connectivity index (χ1n) is 6.59. The van der Waals surface area contributed by atoms with Crippen LogP contribution in [0.15, 0.2) is 12.1 Å². The molecule has 3 N–H and O–H groups in total. The standard InChI is InChI=1S/C15H26N2O/c1-10(2)13(8-16)9-17-14-7-6-11(3)15(18-5)12(14)4/h6-7,10,13,17H,8-9,16H2,1-5H3. The van der Waals surface area contributed by atoms with Crippen molar-refractivity contribution in [2.45, 2.75) is 27.7 Å². The van der Waals surface area contributed by atoms with E-state index in [2.05, 4.69) is 45.1 Å². The van der Waals surface area contributed by atoms with E-state index in [0.717, 1.165) is 23.5 Å². The number of rotatable bonds is 6. The van der Waals surface area contributed by atoms with E-state index < -0.39 is 0 Å². The lowest BCUT2D eigenvalue weighted by atomic mass is 9.96. The second-order valence-corrected chi connectivity index (χ2v) is 5.21. The van der Waals surface area contributed by atoms with Crippen molar-refractivity contribution in [3.63, 3.8) is 0 Å². The maximum absolute atomic E-state index is 5.79. The van der Waals surface area contributed by atoms with Gasteiger partial charge in [-0.15, -0.1) is 0 Å². The lowest BCUT2D eigenvalue weighted by Gasteiger charge is -2.21. The molecule has 1 unspecified atom stereocenters. The van der Waals surface area contributed by atoms with Gasteiger partial charge < -0.3 is 15.8 Å². The van der Waals surface area contributed by atoms with Gasteiger partial charge in [-0.3, -0.25) is 0 Å². The predicted octanol–water partition coefficient (Wildman–Crippen LogP) is 2.95. The van der Waals surface area contributed by atoms with Gasteiger partial charge in [-0.1, -0.05) is 19.9 Å². The highest BCUT2D eigenvalue weighted by Crippen LogP contribution is 2.29. The van der Waals surface area contributed by atoms with Gasteiger partial charge in [-0.05, 0) is 43.9 Å². The van der Waals surface area contributed by atoms with Gasteiger partial charge in [0.15, 0.2) is 0 Å². The monoisotopic (exact) mass is 250 g/mol. The Morgan fingerprint density at radius 1 is 1.28 bits per heavy atom. The molecule has 0 saturated carbocycles. The number of hydrogen-bond acceptors (Lipinski definition) is 3. The maximum Gasteiger partial charge on any atom is 0.126 e. The van der Waals surface area contributed by atoms with Crippen molar-refractivity contribution in [2.75, 3.05) is 25.5 Å². The molecule has 102 valence electrons. The van der Waals surface area contributed by atoms with Gasteiger partial charge in [0, 0.05) is 17.8 Å². The second kappa shape index (κ2) is 6.64. The molecule has 1 atom stereocenters. The topological polar surface area (TPSA) is 47.3 Å². The third kappa shape index (κ3) is 3.39. The van der Waals surface area contributed by atoms with E-state index in [-0.39, 0.29) is 0 Å². The van der Waals surface area contributed by atoms with E-state index in [4.69, 9.17) is 10.5 Å². The van der Waals surface area contributed by atoms with Crippen LogP contribution in [0.25, 0.3) is 0 Å². The molecular weight excluding hydrogens is 224 g/mol. The summed E-state index contributed by atoms with van der Waals surface area (Å²) in [6.45, 7) is 10.2. The molecule has 0 heterocycles. The zero-order valence-corrected chi connectivity index (χ0v) is 12.2. The Morgan fingerprint density at radius 2 is 1.94 bits per heavy atom. The molecule has 0 spiro atoms. The van der Waals surface area contributed by atoms with Crippen LogP contribution in [0.4, 0.5) is 5.69 Å². The van der Waals surface area contributed by atoms with Crippen LogP contribution >= 0.6 is 0 Å². The first kappa shape index (κ1) is 14.8. The molecule has 0 aliphatic rings. The van der Waals surface area contributed by atoms with Crippen LogP contribution in [-0.2, 0) is 0 Å². The zero-order valence-electron chi connectivity index (χ0n) is 12.2. The average molecular weight is 250 g/mol. The molecule has 0 aromatic heterocycles. The Hall–Kier alpha value is -1.22. The summed E-state index contributed by atoms with van der Waals surface area (Å²) in [4.78, 5) is 0. The molecule has 3 heteroatoms.